The molecule has 0 aliphatic heterocycles. The van der Waals surface area contributed by atoms with E-state index in [2.05, 4.69) is 20.2 Å². The summed E-state index contributed by atoms with van der Waals surface area (Å²) >= 11 is 1.34. The normalized spacial score (nSPS) is 11.6. The molecule has 0 atom stereocenters. The van der Waals surface area contributed by atoms with Gasteiger partial charge in [-0.1, -0.05) is 30.8 Å². The third kappa shape index (κ3) is 2.76. The molecule has 3 aromatic heterocycles. The summed E-state index contributed by atoms with van der Waals surface area (Å²) in [4.78, 5) is 31.3. The third-order valence-electron chi connectivity index (χ3n) is 3.79. The zero-order valence-corrected chi connectivity index (χ0v) is 14.2. The lowest BCUT2D eigenvalue weighted by Crippen LogP contribution is -2.17. The van der Waals surface area contributed by atoms with Gasteiger partial charge in [0.15, 0.2) is 5.16 Å². The molecule has 25 heavy (non-hydrogen) atoms. The van der Waals surface area contributed by atoms with Crippen LogP contribution in [0.3, 0.4) is 0 Å². The quantitative estimate of drug-likeness (QED) is 0.530. The van der Waals surface area contributed by atoms with E-state index in [0.717, 1.165) is 11.8 Å². The van der Waals surface area contributed by atoms with Gasteiger partial charge in [0.2, 0.25) is 5.58 Å². The van der Waals surface area contributed by atoms with Crippen LogP contribution in [0.5, 0.6) is 0 Å². The van der Waals surface area contributed by atoms with Gasteiger partial charge in [0.25, 0.3) is 5.56 Å². The molecule has 0 fully saturated rings. The number of aromatic amines is 2. The molecule has 0 radical (unpaired) electrons. The number of hydrogen-bond donors (Lipinski definition) is 2. The van der Waals surface area contributed by atoms with Crippen LogP contribution in [0.25, 0.3) is 22.1 Å². The molecule has 4 aromatic rings. The van der Waals surface area contributed by atoms with Crippen LogP contribution in [0.1, 0.15) is 19.2 Å². The molecule has 128 valence electrons. The molecule has 8 nitrogen and oxygen atoms in total. The van der Waals surface area contributed by atoms with Crippen molar-refractivity contribution in [1.29, 1.82) is 0 Å². The first-order valence-electron chi connectivity index (χ1n) is 7.86. The number of nitrogens with zero attached hydrogens (tertiary/aromatic N) is 3. The molecular formula is C16H15N5O3S. The average Bonchev–Trinajstić information content (AvgIpc) is 3.15. The van der Waals surface area contributed by atoms with Crippen molar-refractivity contribution in [2.45, 2.75) is 30.8 Å². The number of hydrogen-bond acceptors (Lipinski definition) is 6. The number of fused-ring (bicyclic) bond motifs is 3. The van der Waals surface area contributed by atoms with Crippen LogP contribution in [-0.4, -0.2) is 24.7 Å². The molecule has 0 aliphatic rings. The highest BCUT2D eigenvalue weighted by Crippen LogP contribution is 2.25. The lowest BCUT2D eigenvalue weighted by molar-refractivity contribution is 0.603. The van der Waals surface area contributed by atoms with Crippen molar-refractivity contribution < 1.29 is 4.42 Å². The number of benzene rings is 1. The van der Waals surface area contributed by atoms with Crippen LogP contribution in [0, 0.1) is 0 Å². The maximum absolute atomic E-state index is 12.3. The van der Waals surface area contributed by atoms with Crippen LogP contribution in [0.4, 0.5) is 0 Å². The minimum Gasteiger partial charge on any atom is -0.449 e. The SMILES string of the molecule is CCCn1c(SCc2nc3c(oc4ccccc43)c(=O)[nH]2)n[nH]c1=O. The van der Waals surface area contributed by atoms with E-state index < -0.39 is 0 Å². The number of nitrogens with one attached hydrogen (secondary N) is 2. The van der Waals surface area contributed by atoms with Crippen molar-refractivity contribution in [3.63, 3.8) is 0 Å². The van der Waals surface area contributed by atoms with E-state index in [4.69, 9.17) is 4.42 Å². The lowest BCUT2D eigenvalue weighted by Gasteiger charge is -2.03. The second-order valence-corrected chi connectivity index (χ2v) is 6.48. The van der Waals surface area contributed by atoms with Crippen molar-refractivity contribution in [2.75, 3.05) is 0 Å². The highest BCUT2D eigenvalue weighted by atomic mass is 32.2. The Labute approximate surface area is 145 Å². The fourth-order valence-corrected chi connectivity index (χ4v) is 3.53. The Kier molecular flexibility index (Phi) is 3.92. The monoisotopic (exact) mass is 357 g/mol. The molecule has 0 unspecified atom stereocenters. The molecule has 0 spiro atoms. The van der Waals surface area contributed by atoms with Gasteiger partial charge in [0, 0.05) is 11.9 Å². The Morgan fingerprint density at radius 1 is 1.28 bits per heavy atom. The highest BCUT2D eigenvalue weighted by Gasteiger charge is 2.14. The van der Waals surface area contributed by atoms with E-state index in [1.165, 1.54) is 11.8 Å². The molecule has 4 rings (SSSR count). The third-order valence-corrected chi connectivity index (χ3v) is 4.78. The van der Waals surface area contributed by atoms with E-state index in [0.29, 0.717) is 34.4 Å². The molecule has 0 aliphatic carbocycles. The van der Waals surface area contributed by atoms with Gasteiger partial charge in [0.05, 0.1) is 5.75 Å². The van der Waals surface area contributed by atoms with Gasteiger partial charge in [-0.15, -0.1) is 5.10 Å². The van der Waals surface area contributed by atoms with Crippen LogP contribution >= 0.6 is 11.8 Å². The van der Waals surface area contributed by atoms with E-state index >= 15 is 0 Å². The smallest absolute Gasteiger partial charge is 0.343 e. The summed E-state index contributed by atoms with van der Waals surface area (Å²) in [5.74, 6) is 0.895. The zero-order valence-electron chi connectivity index (χ0n) is 13.4. The number of para-hydroxylation sites is 1. The van der Waals surface area contributed by atoms with Gasteiger partial charge < -0.3 is 9.40 Å². The molecule has 0 saturated carbocycles. The van der Waals surface area contributed by atoms with E-state index in [1.807, 2.05) is 25.1 Å². The van der Waals surface area contributed by atoms with Gasteiger partial charge in [-0.3, -0.25) is 9.36 Å². The van der Waals surface area contributed by atoms with E-state index in [9.17, 15) is 9.59 Å². The van der Waals surface area contributed by atoms with Crippen molar-refractivity contribution in [3.05, 3.63) is 50.9 Å². The first-order valence-corrected chi connectivity index (χ1v) is 8.84. The number of thioether (sulfide) groups is 1. The number of furan rings is 1. The first kappa shape index (κ1) is 15.7. The van der Waals surface area contributed by atoms with E-state index in [1.54, 1.807) is 10.6 Å². The summed E-state index contributed by atoms with van der Waals surface area (Å²) in [5.41, 5.74) is 0.844. The summed E-state index contributed by atoms with van der Waals surface area (Å²) < 4.78 is 7.16. The lowest BCUT2D eigenvalue weighted by atomic mass is 10.2. The maximum atomic E-state index is 12.3. The first-order chi connectivity index (χ1) is 12.2. The molecule has 9 heteroatoms. The van der Waals surface area contributed by atoms with Gasteiger partial charge in [-0.05, 0) is 18.6 Å². The van der Waals surface area contributed by atoms with Crippen LogP contribution in [0.15, 0.2) is 43.4 Å². The van der Waals surface area contributed by atoms with Crippen molar-refractivity contribution in [2.24, 2.45) is 0 Å². The molecule has 0 bridgehead atoms. The summed E-state index contributed by atoms with van der Waals surface area (Å²) in [6, 6.07) is 7.40. The molecule has 0 amide bonds. The summed E-state index contributed by atoms with van der Waals surface area (Å²) in [6.45, 7) is 2.58. The van der Waals surface area contributed by atoms with Crippen LogP contribution in [0.2, 0.25) is 0 Å². The molecule has 1 aromatic carbocycles. The minimum absolute atomic E-state index is 0.220. The van der Waals surface area contributed by atoms with Crippen LogP contribution < -0.4 is 11.2 Å². The second kappa shape index (κ2) is 6.25. The maximum Gasteiger partial charge on any atom is 0.343 e. The second-order valence-electron chi connectivity index (χ2n) is 5.54. The van der Waals surface area contributed by atoms with E-state index in [-0.39, 0.29) is 16.8 Å². The van der Waals surface area contributed by atoms with Gasteiger partial charge in [0.1, 0.15) is 16.9 Å². The number of H-pyrrole nitrogens is 2. The number of aromatic nitrogens is 5. The standard InChI is InChI=1S/C16H15N5O3S/c1-2-7-21-15(23)19-20-16(21)25-8-11-17-12-9-5-3-4-6-10(9)24-13(12)14(22)18-11/h3-6H,2,7-8H2,1H3,(H,19,23)(H,17,18,22). The average molecular weight is 357 g/mol. The van der Waals surface area contributed by atoms with Gasteiger partial charge >= 0.3 is 5.69 Å². The van der Waals surface area contributed by atoms with Gasteiger partial charge in [-0.2, -0.15) is 0 Å². The molecular weight excluding hydrogens is 342 g/mol. The van der Waals surface area contributed by atoms with Crippen molar-refractivity contribution >= 4 is 33.8 Å². The predicted octanol–water partition coefficient (Wildman–Crippen LogP) is 2.26. The molecule has 3 heterocycles. The Morgan fingerprint density at radius 3 is 2.96 bits per heavy atom. The van der Waals surface area contributed by atoms with Crippen LogP contribution in [-0.2, 0) is 12.3 Å². The molecule has 0 saturated heterocycles. The van der Waals surface area contributed by atoms with Crippen molar-refractivity contribution in [3.8, 4) is 0 Å². The summed E-state index contributed by atoms with van der Waals surface area (Å²) in [6.07, 6.45) is 0.828. The Balaban J connectivity index is 1.69. The zero-order chi connectivity index (χ0) is 17.4. The minimum atomic E-state index is -0.315. The highest BCUT2D eigenvalue weighted by molar-refractivity contribution is 7.98. The predicted molar refractivity (Wildman–Crippen MR) is 94.8 cm³/mol. The Hall–Kier alpha value is -2.81. The van der Waals surface area contributed by atoms with Gasteiger partial charge in [-0.25, -0.2) is 14.9 Å². The fraction of sp³-hybridized carbons (Fsp3) is 0.250. The Morgan fingerprint density at radius 2 is 2.12 bits per heavy atom. The number of rotatable bonds is 5. The summed E-state index contributed by atoms with van der Waals surface area (Å²) in [7, 11) is 0. The summed E-state index contributed by atoms with van der Waals surface area (Å²) in [5, 5.41) is 7.85. The fourth-order valence-electron chi connectivity index (χ4n) is 2.68. The topological polar surface area (TPSA) is 110 Å². The largest absolute Gasteiger partial charge is 0.449 e. The van der Waals surface area contributed by atoms with Crippen molar-refractivity contribution in [1.82, 2.24) is 24.7 Å². The molecule has 2 N–H and O–H groups in total. The Bertz CT molecular complexity index is 1170.